The molecule has 0 unspecified atom stereocenters. The van der Waals surface area contributed by atoms with E-state index >= 15 is 0 Å². The lowest BCUT2D eigenvalue weighted by atomic mass is 10.2. The van der Waals surface area contributed by atoms with E-state index in [-0.39, 0.29) is 0 Å². The molecule has 6 heteroatoms. The number of halogens is 3. The minimum absolute atomic E-state index is 0.322. The molecule has 0 bridgehead atoms. The number of aryl methyl sites for hydroxylation is 1. The zero-order valence-corrected chi connectivity index (χ0v) is 9.89. The highest BCUT2D eigenvalue weighted by molar-refractivity contribution is 5.31. The molecule has 0 amide bonds. The van der Waals surface area contributed by atoms with Crippen molar-refractivity contribution >= 4 is 0 Å². The summed E-state index contributed by atoms with van der Waals surface area (Å²) in [5.74, 6) is 0. The zero-order valence-electron chi connectivity index (χ0n) is 9.89. The topological polar surface area (TPSA) is 21.1 Å². The fraction of sp³-hybridized carbons (Fsp3) is 0.700. The van der Waals surface area contributed by atoms with Gasteiger partial charge in [0.1, 0.15) is 5.69 Å². The van der Waals surface area contributed by atoms with Gasteiger partial charge in [-0.1, -0.05) is 13.8 Å². The summed E-state index contributed by atoms with van der Waals surface area (Å²) in [5.41, 5.74) is 0.252. The number of rotatable bonds is 0. The largest absolute Gasteiger partial charge is 0.433 e. The molecular formula is C10H16F3N3. The number of hydrogen-bond acceptors (Lipinski definition) is 2. The number of hydrogen-bond donors (Lipinski definition) is 0. The quantitative estimate of drug-likeness (QED) is 0.688. The van der Waals surface area contributed by atoms with E-state index < -0.39 is 11.9 Å². The molecule has 0 fully saturated rings. The van der Waals surface area contributed by atoms with Crippen molar-refractivity contribution in [3.8, 4) is 0 Å². The predicted octanol–water partition coefficient (Wildman–Crippen LogP) is 2.41. The van der Waals surface area contributed by atoms with Gasteiger partial charge in [0.15, 0.2) is 0 Å². The molecule has 92 valence electrons. The number of aromatic nitrogens is 2. The first-order valence-electron chi connectivity index (χ1n) is 5.20. The van der Waals surface area contributed by atoms with Gasteiger partial charge >= 0.3 is 6.18 Å². The number of nitrogens with zero attached hydrogens (tertiary/aromatic N) is 3. The lowest BCUT2D eigenvalue weighted by molar-refractivity contribution is -0.144. The van der Waals surface area contributed by atoms with Gasteiger partial charge in [-0.2, -0.15) is 18.3 Å². The molecule has 0 saturated carbocycles. The molecule has 0 aromatic carbocycles. The fourth-order valence-electron chi connectivity index (χ4n) is 1.85. The molecule has 0 aliphatic carbocycles. The molecule has 1 aliphatic heterocycles. The van der Waals surface area contributed by atoms with E-state index in [1.807, 2.05) is 18.7 Å². The third kappa shape index (κ3) is 2.21. The molecule has 2 rings (SSSR count). The summed E-state index contributed by atoms with van der Waals surface area (Å²) in [5, 5.41) is 3.86. The Balaban J connectivity index is 0.000000606. The highest BCUT2D eigenvalue weighted by Crippen LogP contribution is 2.36. The molecule has 1 aromatic rings. The van der Waals surface area contributed by atoms with Crippen LogP contribution in [0.4, 0.5) is 13.2 Å². The van der Waals surface area contributed by atoms with Gasteiger partial charge in [0, 0.05) is 25.7 Å². The average Bonchev–Trinajstić information content (AvgIpc) is 2.60. The van der Waals surface area contributed by atoms with Crippen LogP contribution in [0.5, 0.6) is 0 Å². The van der Waals surface area contributed by atoms with Crippen molar-refractivity contribution in [1.29, 1.82) is 0 Å². The first-order valence-corrected chi connectivity index (χ1v) is 5.20. The van der Waals surface area contributed by atoms with Crippen LogP contribution in [0.2, 0.25) is 0 Å². The van der Waals surface area contributed by atoms with E-state index in [0.717, 1.165) is 4.68 Å². The summed E-state index contributed by atoms with van der Waals surface area (Å²) in [6.45, 7) is 4.83. The summed E-state index contributed by atoms with van der Waals surface area (Å²) in [6.07, 6.45) is -4.31. The zero-order chi connectivity index (χ0) is 12.5. The molecule has 0 N–H and O–H groups in total. The Bertz CT molecular complexity index is 368. The maximum atomic E-state index is 12.6. The van der Waals surface area contributed by atoms with E-state index in [4.69, 9.17) is 0 Å². The van der Waals surface area contributed by atoms with Crippen molar-refractivity contribution < 1.29 is 13.2 Å². The average molecular weight is 235 g/mol. The first kappa shape index (κ1) is 13.0. The smallest absolute Gasteiger partial charge is 0.296 e. The maximum Gasteiger partial charge on any atom is 0.433 e. The van der Waals surface area contributed by atoms with E-state index in [1.54, 1.807) is 7.05 Å². The van der Waals surface area contributed by atoms with Crippen LogP contribution in [0.3, 0.4) is 0 Å². The van der Waals surface area contributed by atoms with Crippen LogP contribution in [0.25, 0.3) is 0 Å². The minimum atomic E-state index is -4.31. The monoisotopic (exact) mass is 235 g/mol. The lowest BCUT2D eigenvalue weighted by Crippen LogP contribution is -2.17. The predicted molar refractivity (Wildman–Crippen MR) is 54.7 cm³/mol. The molecule has 3 nitrogen and oxygen atoms in total. The second-order valence-corrected chi connectivity index (χ2v) is 3.57. The van der Waals surface area contributed by atoms with Crippen LogP contribution >= 0.6 is 0 Å². The Morgan fingerprint density at radius 3 is 2.19 bits per heavy atom. The second-order valence-electron chi connectivity index (χ2n) is 3.57. The van der Waals surface area contributed by atoms with Crippen LogP contribution in [0.1, 0.15) is 30.8 Å². The fourth-order valence-corrected chi connectivity index (χ4v) is 1.85. The first-order chi connectivity index (χ1) is 7.39. The van der Waals surface area contributed by atoms with Crippen LogP contribution in [0.15, 0.2) is 0 Å². The Morgan fingerprint density at radius 1 is 1.12 bits per heavy atom. The molecule has 0 atom stereocenters. The molecule has 2 heterocycles. The summed E-state index contributed by atoms with van der Waals surface area (Å²) in [7, 11) is 3.11. The Kier molecular flexibility index (Phi) is 3.62. The molecule has 1 aliphatic rings. The number of fused-ring (bicyclic) bond motifs is 1. The van der Waals surface area contributed by atoms with Gasteiger partial charge in [0.25, 0.3) is 0 Å². The summed E-state index contributed by atoms with van der Waals surface area (Å²) in [4.78, 5) is 1.81. The second kappa shape index (κ2) is 4.45. The molecule has 0 spiro atoms. The summed E-state index contributed by atoms with van der Waals surface area (Å²) >= 11 is 0. The van der Waals surface area contributed by atoms with Crippen molar-refractivity contribution in [3.05, 3.63) is 17.0 Å². The minimum Gasteiger partial charge on any atom is -0.296 e. The maximum absolute atomic E-state index is 12.6. The molecule has 0 radical (unpaired) electrons. The van der Waals surface area contributed by atoms with E-state index in [1.165, 1.54) is 7.05 Å². The Morgan fingerprint density at radius 2 is 1.69 bits per heavy atom. The van der Waals surface area contributed by atoms with E-state index in [2.05, 4.69) is 5.10 Å². The van der Waals surface area contributed by atoms with Crippen LogP contribution < -0.4 is 0 Å². The van der Waals surface area contributed by atoms with Gasteiger partial charge in [-0.15, -0.1) is 0 Å². The van der Waals surface area contributed by atoms with Crippen molar-refractivity contribution in [3.63, 3.8) is 0 Å². The Hall–Kier alpha value is -1.04. The van der Waals surface area contributed by atoms with E-state index in [0.29, 0.717) is 24.3 Å². The SMILES string of the molecule is CC.CN1Cc2nn(C)c(C(F)(F)F)c2C1. The van der Waals surface area contributed by atoms with Crippen molar-refractivity contribution in [2.45, 2.75) is 33.1 Å². The van der Waals surface area contributed by atoms with Gasteiger partial charge in [0.2, 0.25) is 0 Å². The Labute approximate surface area is 92.8 Å². The molecule has 1 aromatic heterocycles. The third-order valence-corrected chi connectivity index (χ3v) is 2.34. The lowest BCUT2D eigenvalue weighted by Gasteiger charge is -2.11. The molecule has 0 saturated heterocycles. The summed E-state index contributed by atoms with van der Waals surface area (Å²) in [6, 6.07) is 0. The third-order valence-electron chi connectivity index (χ3n) is 2.34. The van der Waals surface area contributed by atoms with Gasteiger partial charge < -0.3 is 0 Å². The highest BCUT2D eigenvalue weighted by Gasteiger charge is 2.40. The van der Waals surface area contributed by atoms with Gasteiger partial charge in [-0.05, 0) is 7.05 Å². The molecule has 16 heavy (non-hydrogen) atoms. The molecular weight excluding hydrogens is 219 g/mol. The van der Waals surface area contributed by atoms with Crippen LogP contribution in [-0.2, 0) is 26.3 Å². The van der Waals surface area contributed by atoms with Crippen molar-refractivity contribution in [2.24, 2.45) is 7.05 Å². The summed E-state index contributed by atoms with van der Waals surface area (Å²) < 4.78 is 38.7. The standard InChI is InChI=1S/C8H10F3N3.C2H6/c1-13-3-5-6(4-13)12-14(2)7(5)8(9,10)11;1-2/h3-4H2,1-2H3;1-2H3. The van der Waals surface area contributed by atoms with Crippen LogP contribution in [-0.4, -0.2) is 21.7 Å². The van der Waals surface area contributed by atoms with Gasteiger partial charge in [-0.3, -0.25) is 9.58 Å². The van der Waals surface area contributed by atoms with Crippen molar-refractivity contribution in [2.75, 3.05) is 7.05 Å². The van der Waals surface area contributed by atoms with Crippen molar-refractivity contribution in [1.82, 2.24) is 14.7 Å². The van der Waals surface area contributed by atoms with Gasteiger partial charge in [0.05, 0.1) is 5.69 Å². The number of alkyl halides is 3. The van der Waals surface area contributed by atoms with E-state index in [9.17, 15) is 13.2 Å². The van der Waals surface area contributed by atoms with Crippen LogP contribution in [0, 0.1) is 0 Å². The normalized spacial score (nSPS) is 15.7. The van der Waals surface area contributed by atoms with Gasteiger partial charge in [-0.25, -0.2) is 0 Å². The highest BCUT2D eigenvalue weighted by atomic mass is 19.4.